The van der Waals surface area contributed by atoms with Crippen LogP contribution < -0.4 is 5.32 Å². The number of rotatable bonds is 7. The third-order valence-corrected chi connectivity index (χ3v) is 1.96. The van der Waals surface area contributed by atoms with Crippen LogP contribution in [0.15, 0.2) is 6.20 Å². The van der Waals surface area contributed by atoms with Crippen molar-refractivity contribution in [2.24, 2.45) is 0 Å². The van der Waals surface area contributed by atoms with Crippen molar-refractivity contribution in [2.45, 2.75) is 39.1 Å². The lowest BCUT2D eigenvalue weighted by Gasteiger charge is -2.12. The summed E-state index contributed by atoms with van der Waals surface area (Å²) in [5.74, 6) is 0. The van der Waals surface area contributed by atoms with Gasteiger partial charge in [-0.1, -0.05) is 5.21 Å². The SMILES string of the molecule is CNCc1cn(CC(O)COC(C)C)nn1. The van der Waals surface area contributed by atoms with Crippen LogP contribution in [0.2, 0.25) is 0 Å². The van der Waals surface area contributed by atoms with Crippen LogP contribution >= 0.6 is 0 Å². The second-order valence-corrected chi connectivity index (χ2v) is 4.00. The Morgan fingerprint density at radius 3 is 2.94 bits per heavy atom. The van der Waals surface area contributed by atoms with Crippen molar-refractivity contribution in [2.75, 3.05) is 13.7 Å². The Balaban J connectivity index is 2.34. The highest BCUT2D eigenvalue weighted by atomic mass is 16.5. The summed E-state index contributed by atoms with van der Waals surface area (Å²) in [6.07, 6.45) is 1.39. The summed E-state index contributed by atoms with van der Waals surface area (Å²) in [6.45, 7) is 5.28. The van der Waals surface area contributed by atoms with Crippen LogP contribution in [0.4, 0.5) is 0 Å². The van der Waals surface area contributed by atoms with Gasteiger partial charge >= 0.3 is 0 Å². The van der Waals surface area contributed by atoms with E-state index in [-0.39, 0.29) is 6.10 Å². The highest BCUT2D eigenvalue weighted by Gasteiger charge is 2.08. The Hall–Kier alpha value is -0.980. The molecule has 0 spiro atoms. The Labute approximate surface area is 95.6 Å². The van der Waals surface area contributed by atoms with E-state index in [0.717, 1.165) is 5.69 Å². The van der Waals surface area contributed by atoms with Crippen LogP contribution in [-0.2, 0) is 17.8 Å². The van der Waals surface area contributed by atoms with Crippen LogP contribution in [0.25, 0.3) is 0 Å². The fraction of sp³-hybridized carbons (Fsp3) is 0.800. The molecule has 2 N–H and O–H groups in total. The molecule has 0 saturated carbocycles. The van der Waals surface area contributed by atoms with E-state index in [4.69, 9.17) is 4.74 Å². The molecule has 0 radical (unpaired) electrons. The van der Waals surface area contributed by atoms with Crippen molar-refractivity contribution < 1.29 is 9.84 Å². The number of aliphatic hydroxyl groups excluding tert-OH is 1. The first-order chi connectivity index (χ1) is 7.61. The van der Waals surface area contributed by atoms with Gasteiger partial charge in [-0.15, -0.1) is 5.10 Å². The second-order valence-electron chi connectivity index (χ2n) is 4.00. The number of nitrogens with zero attached hydrogens (tertiary/aromatic N) is 3. The van der Waals surface area contributed by atoms with E-state index >= 15 is 0 Å². The van der Waals surface area contributed by atoms with Crippen molar-refractivity contribution in [3.05, 3.63) is 11.9 Å². The van der Waals surface area contributed by atoms with Gasteiger partial charge < -0.3 is 15.2 Å². The quantitative estimate of drug-likeness (QED) is 0.675. The summed E-state index contributed by atoms with van der Waals surface area (Å²) >= 11 is 0. The molecule has 1 rings (SSSR count). The van der Waals surface area contributed by atoms with Gasteiger partial charge in [0.25, 0.3) is 0 Å². The van der Waals surface area contributed by atoms with E-state index in [1.165, 1.54) is 0 Å². The number of ether oxygens (including phenoxy) is 1. The lowest BCUT2D eigenvalue weighted by molar-refractivity contribution is -0.00221. The van der Waals surface area contributed by atoms with E-state index in [1.54, 1.807) is 4.68 Å². The molecule has 16 heavy (non-hydrogen) atoms. The zero-order valence-electron chi connectivity index (χ0n) is 10.1. The molecule has 0 amide bonds. The van der Waals surface area contributed by atoms with E-state index in [9.17, 15) is 5.11 Å². The van der Waals surface area contributed by atoms with E-state index in [0.29, 0.717) is 19.7 Å². The van der Waals surface area contributed by atoms with Gasteiger partial charge in [-0.05, 0) is 20.9 Å². The lowest BCUT2D eigenvalue weighted by Crippen LogP contribution is -2.24. The Morgan fingerprint density at radius 2 is 2.31 bits per heavy atom. The summed E-state index contributed by atoms with van der Waals surface area (Å²) in [5.41, 5.74) is 0.861. The molecule has 0 bridgehead atoms. The van der Waals surface area contributed by atoms with Crippen molar-refractivity contribution >= 4 is 0 Å². The van der Waals surface area contributed by atoms with Crippen molar-refractivity contribution in [3.63, 3.8) is 0 Å². The minimum Gasteiger partial charge on any atom is -0.389 e. The maximum Gasteiger partial charge on any atom is 0.0969 e. The molecule has 6 nitrogen and oxygen atoms in total. The number of aromatic nitrogens is 3. The second kappa shape index (κ2) is 6.57. The van der Waals surface area contributed by atoms with E-state index in [2.05, 4.69) is 15.6 Å². The summed E-state index contributed by atoms with van der Waals surface area (Å²) in [5, 5.41) is 20.5. The zero-order chi connectivity index (χ0) is 12.0. The average Bonchev–Trinajstić information content (AvgIpc) is 2.63. The van der Waals surface area contributed by atoms with Crippen LogP contribution in [0.1, 0.15) is 19.5 Å². The van der Waals surface area contributed by atoms with Gasteiger partial charge in [-0.25, -0.2) is 4.68 Å². The molecule has 1 heterocycles. The summed E-state index contributed by atoms with van der Waals surface area (Å²) < 4.78 is 6.93. The van der Waals surface area contributed by atoms with Crippen molar-refractivity contribution in [3.8, 4) is 0 Å². The molecule has 1 unspecified atom stereocenters. The molecule has 6 heteroatoms. The fourth-order valence-corrected chi connectivity index (χ4v) is 1.26. The van der Waals surface area contributed by atoms with Crippen LogP contribution in [0, 0.1) is 0 Å². The van der Waals surface area contributed by atoms with Crippen molar-refractivity contribution in [1.29, 1.82) is 0 Å². The smallest absolute Gasteiger partial charge is 0.0969 e. The molecule has 0 fully saturated rings. The molecule has 92 valence electrons. The highest BCUT2D eigenvalue weighted by Crippen LogP contribution is 1.97. The standard InChI is InChI=1S/C10H20N4O2/c1-8(2)16-7-10(15)6-14-5-9(4-11-3)12-13-14/h5,8,10-11,15H,4,6-7H2,1-3H3. The van der Waals surface area contributed by atoms with Gasteiger partial charge in [0.2, 0.25) is 0 Å². The van der Waals surface area contributed by atoms with Crippen LogP contribution in [0.5, 0.6) is 0 Å². The zero-order valence-corrected chi connectivity index (χ0v) is 10.1. The minimum atomic E-state index is -0.550. The molecule has 0 aliphatic carbocycles. The average molecular weight is 228 g/mol. The summed E-state index contributed by atoms with van der Waals surface area (Å²) in [4.78, 5) is 0. The largest absolute Gasteiger partial charge is 0.389 e. The molecule has 0 saturated heterocycles. The molecule has 0 aromatic carbocycles. The maximum absolute atomic E-state index is 9.66. The molecular weight excluding hydrogens is 208 g/mol. The highest BCUT2D eigenvalue weighted by molar-refractivity contribution is 4.91. The Morgan fingerprint density at radius 1 is 1.56 bits per heavy atom. The lowest BCUT2D eigenvalue weighted by atomic mass is 10.3. The molecule has 1 atom stereocenters. The molecule has 0 aliphatic heterocycles. The summed E-state index contributed by atoms with van der Waals surface area (Å²) in [7, 11) is 1.85. The topological polar surface area (TPSA) is 72.2 Å². The van der Waals surface area contributed by atoms with Gasteiger partial charge in [0.15, 0.2) is 0 Å². The molecule has 1 aromatic rings. The number of hydrogen-bond acceptors (Lipinski definition) is 5. The number of hydrogen-bond donors (Lipinski definition) is 2. The third-order valence-electron chi connectivity index (χ3n) is 1.96. The van der Waals surface area contributed by atoms with Crippen molar-refractivity contribution in [1.82, 2.24) is 20.3 Å². The summed E-state index contributed by atoms with van der Waals surface area (Å²) in [6, 6.07) is 0. The third kappa shape index (κ3) is 4.69. The van der Waals surface area contributed by atoms with Gasteiger partial charge in [-0.3, -0.25) is 0 Å². The van der Waals surface area contributed by atoms with Gasteiger partial charge in [0, 0.05) is 12.7 Å². The normalized spacial score (nSPS) is 13.3. The van der Waals surface area contributed by atoms with Crippen LogP contribution in [0.3, 0.4) is 0 Å². The monoisotopic (exact) mass is 228 g/mol. The molecule has 0 aliphatic rings. The van der Waals surface area contributed by atoms with Gasteiger partial charge in [-0.2, -0.15) is 0 Å². The van der Waals surface area contributed by atoms with Gasteiger partial charge in [0.1, 0.15) is 0 Å². The van der Waals surface area contributed by atoms with E-state index < -0.39 is 6.10 Å². The predicted molar refractivity (Wildman–Crippen MR) is 59.9 cm³/mol. The number of aliphatic hydroxyl groups is 1. The Kier molecular flexibility index (Phi) is 5.37. The fourth-order valence-electron chi connectivity index (χ4n) is 1.26. The van der Waals surface area contributed by atoms with Crippen LogP contribution in [-0.4, -0.2) is 46.0 Å². The van der Waals surface area contributed by atoms with Gasteiger partial charge in [0.05, 0.1) is 31.1 Å². The minimum absolute atomic E-state index is 0.130. The number of nitrogens with one attached hydrogen (secondary N) is 1. The molecule has 1 aromatic heterocycles. The predicted octanol–water partition coefficient (Wildman–Crippen LogP) is -0.217. The first-order valence-corrected chi connectivity index (χ1v) is 5.45. The molecular formula is C10H20N4O2. The maximum atomic E-state index is 9.66. The Bertz CT molecular complexity index is 301. The first-order valence-electron chi connectivity index (χ1n) is 5.45. The van der Waals surface area contributed by atoms with E-state index in [1.807, 2.05) is 27.1 Å². The first kappa shape index (κ1) is 13.1.